The summed E-state index contributed by atoms with van der Waals surface area (Å²) in [6.45, 7) is 7.23. The van der Waals surface area contributed by atoms with Gasteiger partial charge in [-0.3, -0.25) is 4.79 Å². The highest BCUT2D eigenvalue weighted by atomic mass is 16.3. The SMILES string of the molecule is C=C(CO)C1=CC(=O)C2=C([C@@H](C)CCC2)[C@@]1(C)O. The van der Waals surface area contributed by atoms with E-state index in [0.29, 0.717) is 11.1 Å². The number of hydrogen-bond donors (Lipinski definition) is 2. The van der Waals surface area contributed by atoms with Gasteiger partial charge in [0, 0.05) is 5.57 Å². The number of hydrogen-bond acceptors (Lipinski definition) is 3. The molecule has 0 aromatic rings. The Bertz CT molecular complexity index is 466. The molecule has 0 saturated carbocycles. The monoisotopic (exact) mass is 248 g/mol. The Morgan fingerprint density at radius 3 is 2.89 bits per heavy atom. The number of carbonyl (C=O) groups is 1. The molecule has 0 amide bonds. The summed E-state index contributed by atoms with van der Waals surface area (Å²) >= 11 is 0. The van der Waals surface area contributed by atoms with Crippen LogP contribution in [-0.4, -0.2) is 28.2 Å². The van der Waals surface area contributed by atoms with Crippen LogP contribution in [0.2, 0.25) is 0 Å². The second kappa shape index (κ2) is 4.48. The van der Waals surface area contributed by atoms with E-state index in [-0.39, 0.29) is 18.3 Å². The van der Waals surface area contributed by atoms with Gasteiger partial charge >= 0.3 is 0 Å². The van der Waals surface area contributed by atoms with Gasteiger partial charge in [-0.25, -0.2) is 0 Å². The van der Waals surface area contributed by atoms with Gasteiger partial charge in [0.2, 0.25) is 0 Å². The number of allylic oxidation sites excluding steroid dienone is 2. The topological polar surface area (TPSA) is 57.5 Å². The van der Waals surface area contributed by atoms with Crippen LogP contribution in [0.4, 0.5) is 0 Å². The fourth-order valence-corrected chi connectivity index (χ4v) is 3.23. The fourth-order valence-electron chi connectivity index (χ4n) is 3.23. The van der Waals surface area contributed by atoms with Crippen molar-refractivity contribution in [2.24, 2.45) is 5.92 Å². The minimum absolute atomic E-state index is 0.0346. The van der Waals surface area contributed by atoms with Crippen molar-refractivity contribution in [2.45, 2.75) is 38.7 Å². The van der Waals surface area contributed by atoms with Crippen LogP contribution >= 0.6 is 0 Å². The Morgan fingerprint density at radius 1 is 1.61 bits per heavy atom. The first-order chi connectivity index (χ1) is 8.39. The van der Waals surface area contributed by atoms with Crippen LogP contribution in [0.1, 0.15) is 33.1 Å². The third-order valence-electron chi connectivity index (χ3n) is 4.08. The van der Waals surface area contributed by atoms with Gasteiger partial charge in [0.1, 0.15) is 5.60 Å². The molecular weight excluding hydrogens is 228 g/mol. The van der Waals surface area contributed by atoms with Gasteiger partial charge in [0.25, 0.3) is 0 Å². The molecule has 3 nitrogen and oxygen atoms in total. The van der Waals surface area contributed by atoms with E-state index in [2.05, 4.69) is 6.58 Å². The molecule has 0 heterocycles. The predicted molar refractivity (Wildman–Crippen MR) is 70.0 cm³/mol. The minimum atomic E-state index is -1.18. The molecule has 0 aromatic heterocycles. The van der Waals surface area contributed by atoms with Crippen molar-refractivity contribution in [3.8, 4) is 0 Å². The average molecular weight is 248 g/mol. The molecule has 98 valence electrons. The Labute approximate surface area is 108 Å². The molecule has 2 rings (SSSR count). The number of carbonyl (C=O) groups excluding carboxylic acids is 1. The average Bonchev–Trinajstić information content (AvgIpc) is 2.32. The van der Waals surface area contributed by atoms with E-state index in [1.807, 2.05) is 6.92 Å². The third-order valence-corrected chi connectivity index (χ3v) is 4.08. The standard InChI is InChI=1S/C15H20O3/c1-9-5-4-6-11-13(17)7-12(10(2)8-16)15(3,18)14(9)11/h7,9,16,18H,2,4-6,8H2,1,3H3/t9-,15-/m0/s1. The summed E-state index contributed by atoms with van der Waals surface area (Å²) in [5, 5.41) is 20.0. The van der Waals surface area contributed by atoms with Crippen LogP contribution in [0.15, 0.2) is 34.9 Å². The Hall–Kier alpha value is -1.19. The first kappa shape index (κ1) is 13.2. The Morgan fingerprint density at radius 2 is 2.28 bits per heavy atom. The molecule has 0 bridgehead atoms. The zero-order valence-corrected chi connectivity index (χ0v) is 11.0. The zero-order chi connectivity index (χ0) is 13.5. The van der Waals surface area contributed by atoms with E-state index in [9.17, 15) is 15.0 Å². The largest absolute Gasteiger partial charge is 0.392 e. The normalized spacial score (nSPS) is 32.1. The predicted octanol–water partition coefficient (Wildman–Crippen LogP) is 1.91. The lowest BCUT2D eigenvalue weighted by atomic mass is 9.67. The summed E-state index contributed by atoms with van der Waals surface area (Å²) in [6, 6.07) is 0. The van der Waals surface area contributed by atoms with E-state index < -0.39 is 5.60 Å². The smallest absolute Gasteiger partial charge is 0.182 e. The minimum Gasteiger partial charge on any atom is -0.392 e. The van der Waals surface area contributed by atoms with Crippen LogP contribution in [0, 0.1) is 5.92 Å². The highest BCUT2D eigenvalue weighted by Crippen LogP contribution is 2.44. The number of rotatable bonds is 2. The van der Waals surface area contributed by atoms with Gasteiger partial charge in [0.05, 0.1) is 6.61 Å². The molecule has 0 aromatic carbocycles. The van der Waals surface area contributed by atoms with Crippen molar-refractivity contribution >= 4 is 5.78 Å². The maximum absolute atomic E-state index is 12.1. The van der Waals surface area contributed by atoms with Crippen LogP contribution < -0.4 is 0 Å². The molecule has 0 spiro atoms. The van der Waals surface area contributed by atoms with Gasteiger partial charge in [0.15, 0.2) is 5.78 Å². The van der Waals surface area contributed by atoms with Gasteiger partial charge in [-0.15, -0.1) is 0 Å². The summed E-state index contributed by atoms with van der Waals surface area (Å²) in [4.78, 5) is 12.1. The molecular formula is C15H20O3. The van der Waals surface area contributed by atoms with E-state index in [0.717, 1.165) is 30.4 Å². The third kappa shape index (κ3) is 1.88. The van der Waals surface area contributed by atoms with Gasteiger partial charge < -0.3 is 10.2 Å². The lowest BCUT2D eigenvalue weighted by Gasteiger charge is -2.40. The molecule has 3 heteroatoms. The highest BCUT2D eigenvalue weighted by Gasteiger charge is 2.42. The molecule has 0 saturated heterocycles. The molecule has 2 atom stereocenters. The summed E-state index contributed by atoms with van der Waals surface area (Å²) in [7, 11) is 0. The second-order valence-electron chi connectivity index (χ2n) is 5.44. The van der Waals surface area contributed by atoms with Gasteiger partial charge in [-0.05, 0) is 54.9 Å². The summed E-state index contributed by atoms with van der Waals surface area (Å²) < 4.78 is 0. The molecule has 0 fully saturated rings. The van der Waals surface area contributed by atoms with Crippen molar-refractivity contribution in [2.75, 3.05) is 6.61 Å². The van der Waals surface area contributed by atoms with Gasteiger partial charge in [-0.1, -0.05) is 13.5 Å². The highest BCUT2D eigenvalue weighted by molar-refractivity contribution is 6.07. The molecule has 0 unspecified atom stereocenters. The Balaban J connectivity index is 2.54. The fraction of sp³-hybridized carbons (Fsp3) is 0.533. The van der Waals surface area contributed by atoms with E-state index in [1.165, 1.54) is 6.08 Å². The molecule has 2 aliphatic rings. The van der Waals surface area contributed by atoms with Crippen LogP contribution in [0.25, 0.3) is 0 Å². The van der Waals surface area contributed by atoms with E-state index in [4.69, 9.17) is 0 Å². The summed E-state index contributed by atoms with van der Waals surface area (Å²) in [6.07, 6.45) is 4.16. The summed E-state index contributed by atoms with van der Waals surface area (Å²) in [5.41, 5.74) is 1.28. The van der Waals surface area contributed by atoms with Crippen molar-refractivity contribution in [3.63, 3.8) is 0 Å². The molecule has 0 radical (unpaired) electrons. The van der Waals surface area contributed by atoms with E-state index in [1.54, 1.807) is 6.92 Å². The molecule has 0 aliphatic heterocycles. The summed E-state index contributed by atoms with van der Waals surface area (Å²) in [5.74, 6) is 0.163. The first-order valence-electron chi connectivity index (χ1n) is 6.41. The lowest BCUT2D eigenvalue weighted by molar-refractivity contribution is -0.112. The van der Waals surface area contributed by atoms with Gasteiger partial charge in [-0.2, -0.15) is 0 Å². The second-order valence-corrected chi connectivity index (χ2v) is 5.44. The van der Waals surface area contributed by atoms with E-state index >= 15 is 0 Å². The number of ketones is 1. The van der Waals surface area contributed by atoms with Crippen molar-refractivity contribution < 1.29 is 15.0 Å². The number of aliphatic hydroxyl groups is 2. The molecule has 2 aliphatic carbocycles. The maximum atomic E-state index is 12.1. The first-order valence-corrected chi connectivity index (χ1v) is 6.41. The quantitative estimate of drug-likeness (QED) is 0.785. The van der Waals surface area contributed by atoms with Crippen LogP contribution in [0.3, 0.4) is 0 Å². The van der Waals surface area contributed by atoms with Crippen LogP contribution in [-0.2, 0) is 4.79 Å². The van der Waals surface area contributed by atoms with Crippen molar-refractivity contribution in [3.05, 3.63) is 34.9 Å². The molecule has 2 N–H and O–H groups in total. The number of aliphatic hydroxyl groups excluding tert-OH is 1. The van der Waals surface area contributed by atoms with Crippen molar-refractivity contribution in [1.29, 1.82) is 0 Å². The Kier molecular flexibility index (Phi) is 3.30. The molecule has 18 heavy (non-hydrogen) atoms. The lowest BCUT2D eigenvalue weighted by Crippen LogP contribution is -2.40. The van der Waals surface area contributed by atoms with Crippen molar-refractivity contribution in [1.82, 2.24) is 0 Å². The zero-order valence-electron chi connectivity index (χ0n) is 11.0. The maximum Gasteiger partial charge on any atom is 0.182 e. The van der Waals surface area contributed by atoms with Crippen LogP contribution in [0.5, 0.6) is 0 Å².